The molecule has 0 aliphatic carbocycles. The molecular weight excluding hydrogens is 398 g/mol. The predicted molar refractivity (Wildman–Crippen MR) is 120 cm³/mol. The van der Waals surface area contributed by atoms with Crippen molar-refractivity contribution in [2.24, 2.45) is 0 Å². The van der Waals surface area contributed by atoms with E-state index in [-0.39, 0.29) is 5.92 Å². The SMILES string of the molecule is Cc1ncc2c(C(CN3CCNCC3)c3cccc(NS(C)(=O)=O)c3)cccc2n1. The highest BCUT2D eigenvalue weighted by atomic mass is 32.2. The Kier molecular flexibility index (Phi) is 5.99. The first-order valence-corrected chi connectivity index (χ1v) is 12.0. The van der Waals surface area contributed by atoms with Crippen LogP contribution >= 0.6 is 0 Å². The molecule has 2 N–H and O–H groups in total. The van der Waals surface area contributed by atoms with Crippen molar-refractivity contribution in [2.75, 3.05) is 43.7 Å². The van der Waals surface area contributed by atoms with Crippen LogP contribution in [0.15, 0.2) is 48.7 Å². The first-order valence-electron chi connectivity index (χ1n) is 10.1. The van der Waals surface area contributed by atoms with E-state index in [1.165, 1.54) is 6.26 Å². The minimum Gasteiger partial charge on any atom is -0.314 e. The van der Waals surface area contributed by atoms with Gasteiger partial charge in [-0.05, 0) is 36.2 Å². The summed E-state index contributed by atoms with van der Waals surface area (Å²) in [6.07, 6.45) is 3.07. The first kappa shape index (κ1) is 20.7. The van der Waals surface area contributed by atoms with Crippen LogP contribution in [0.3, 0.4) is 0 Å². The monoisotopic (exact) mass is 425 g/mol. The van der Waals surface area contributed by atoms with Crippen molar-refractivity contribution in [3.63, 3.8) is 0 Å². The average molecular weight is 426 g/mol. The van der Waals surface area contributed by atoms with Gasteiger partial charge in [0.25, 0.3) is 0 Å². The third-order valence-electron chi connectivity index (χ3n) is 5.40. The summed E-state index contributed by atoms with van der Waals surface area (Å²) in [5.41, 5.74) is 3.72. The van der Waals surface area contributed by atoms with Gasteiger partial charge in [0.05, 0.1) is 11.8 Å². The van der Waals surface area contributed by atoms with Gasteiger partial charge >= 0.3 is 0 Å². The average Bonchev–Trinajstić information content (AvgIpc) is 2.71. The summed E-state index contributed by atoms with van der Waals surface area (Å²) in [4.78, 5) is 11.5. The number of nitrogens with zero attached hydrogens (tertiary/aromatic N) is 3. The lowest BCUT2D eigenvalue weighted by atomic mass is 9.88. The number of anilines is 1. The van der Waals surface area contributed by atoms with Gasteiger partial charge in [0.2, 0.25) is 10.0 Å². The molecule has 2 heterocycles. The molecule has 0 amide bonds. The quantitative estimate of drug-likeness (QED) is 0.630. The molecule has 3 aromatic rings. The minimum absolute atomic E-state index is 0.0689. The molecule has 1 saturated heterocycles. The molecule has 1 aliphatic rings. The predicted octanol–water partition coefficient (Wildman–Crippen LogP) is 2.35. The Morgan fingerprint density at radius 2 is 1.93 bits per heavy atom. The Bertz CT molecular complexity index is 1140. The van der Waals surface area contributed by atoms with Gasteiger partial charge in [0.15, 0.2) is 0 Å². The van der Waals surface area contributed by atoms with Gasteiger partial charge in [0.1, 0.15) is 5.82 Å². The molecule has 1 atom stereocenters. The van der Waals surface area contributed by atoms with E-state index < -0.39 is 10.0 Å². The van der Waals surface area contributed by atoms with E-state index in [2.05, 4.69) is 37.0 Å². The topological polar surface area (TPSA) is 87.2 Å². The molecule has 1 aliphatic heterocycles. The highest BCUT2D eigenvalue weighted by Crippen LogP contribution is 2.32. The van der Waals surface area contributed by atoms with E-state index in [9.17, 15) is 8.42 Å². The van der Waals surface area contributed by atoms with Crippen LogP contribution in [0.2, 0.25) is 0 Å². The molecule has 0 radical (unpaired) electrons. The van der Waals surface area contributed by atoms with Gasteiger partial charge in [-0.1, -0.05) is 24.3 Å². The van der Waals surface area contributed by atoms with E-state index in [0.29, 0.717) is 5.69 Å². The van der Waals surface area contributed by atoms with E-state index in [4.69, 9.17) is 0 Å². The number of aromatic nitrogens is 2. The van der Waals surface area contributed by atoms with Crippen molar-refractivity contribution >= 4 is 26.6 Å². The van der Waals surface area contributed by atoms with Crippen molar-refractivity contribution < 1.29 is 8.42 Å². The normalized spacial score (nSPS) is 16.5. The second-order valence-electron chi connectivity index (χ2n) is 7.80. The number of rotatable bonds is 6. The summed E-state index contributed by atoms with van der Waals surface area (Å²) < 4.78 is 26.1. The second-order valence-corrected chi connectivity index (χ2v) is 9.55. The Morgan fingerprint density at radius 3 is 2.70 bits per heavy atom. The van der Waals surface area contributed by atoms with E-state index in [1.54, 1.807) is 6.07 Å². The molecule has 0 bridgehead atoms. The zero-order chi connectivity index (χ0) is 21.1. The fourth-order valence-corrected chi connectivity index (χ4v) is 4.60. The molecule has 4 rings (SSSR count). The minimum atomic E-state index is -3.34. The molecule has 7 nitrogen and oxygen atoms in total. The summed E-state index contributed by atoms with van der Waals surface area (Å²) in [7, 11) is -3.34. The zero-order valence-corrected chi connectivity index (χ0v) is 18.1. The van der Waals surface area contributed by atoms with Crippen LogP contribution in [0.4, 0.5) is 5.69 Å². The Morgan fingerprint density at radius 1 is 1.17 bits per heavy atom. The number of hydrogen-bond donors (Lipinski definition) is 2. The zero-order valence-electron chi connectivity index (χ0n) is 17.3. The molecule has 0 saturated carbocycles. The molecule has 2 aromatic carbocycles. The largest absolute Gasteiger partial charge is 0.314 e. The van der Waals surface area contributed by atoms with Crippen LogP contribution < -0.4 is 10.0 Å². The smallest absolute Gasteiger partial charge is 0.229 e. The maximum atomic E-state index is 11.7. The fourth-order valence-electron chi connectivity index (χ4n) is 4.04. The van der Waals surface area contributed by atoms with E-state index in [1.807, 2.05) is 37.4 Å². The van der Waals surface area contributed by atoms with Gasteiger partial charge in [-0.2, -0.15) is 0 Å². The maximum Gasteiger partial charge on any atom is 0.229 e. The van der Waals surface area contributed by atoms with Crippen LogP contribution in [0, 0.1) is 6.92 Å². The number of fused-ring (bicyclic) bond motifs is 1. The third kappa shape index (κ3) is 4.95. The third-order valence-corrected chi connectivity index (χ3v) is 6.00. The van der Waals surface area contributed by atoms with Crippen molar-refractivity contribution in [3.05, 3.63) is 65.6 Å². The maximum absolute atomic E-state index is 11.7. The molecular formula is C22H27N5O2S. The summed E-state index contributed by atoms with van der Waals surface area (Å²) in [6, 6.07) is 13.9. The summed E-state index contributed by atoms with van der Waals surface area (Å²) in [6.45, 7) is 6.65. The van der Waals surface area contributed by atoms with Crippen molar-refractivity contribution in [2.45, 2.75) is 12.8 Å². The summed E-state index contributed by atoms with van der Waals surface area (Å²) in [5, 5.41) is 4.43. The number of hydrogen-bond acceptors (Lipinski definition) is 6. The lowest BCUT2D eigenvalue weighted by Crippen LogP contribution is -2.45. The summed E-state index contributed by atoms with van der Waals surface area (Å²) >= 11 is 0. The number of benzene rings is 2. The summed E-state index contributed by atoms with van der Waals surface area (Å²) in [5.74, 6) is 0.817. The van der Waals surface area contributed by atoms with Crippen molar-refractivity contribution in [1.29, 1.82) is 0 Å². The molecule has 1 aromatic heterocycles. The number of aryl methyl sites for hydroxylation is 1. The Labute approximate surface area is 177 Å². The molecule has 158 valence electrons. The van der Waals surface area contributed by atoms with Crippen molar-refractivity contribution in [3.8, 4) is 0 Å². The Hall–Kier alpha value is -2.55. The lowest BCUT2D eigenvalue weighted by Gasteiger charge is -2.32. The molecule has 1 unspecified atom stereocenters. The number of sulfonamides is 1. The number of piperazine rings is 1. The van der Waals surface area contributed by atoms with Gasteiger partial charge in [0, 0.05) is 55.9 Å². The number of nitrogens with one attached hydrogen (secondary N) is 2. The van der Waals surface area contributed by atoms with Crippen LogP contribution in [-0.4, -0.2) is 62.3 Å². The molecule has 8 heteroatoms. The lowest BCUT2D eigenvalue weighted by molar-refractivity contribution is 0.234. The second kappa shape index (κ2) is 8.67. The van der Waals surface area contributed by atoms with Gasteiger partial charge in [-0.3, -0.25) is 9.62 Å². The standard InChI is InChI=1S/C22H27N5O2S/c1-16-24-14-20-19(7-4-8-22(20)25-16)21(15-27-11-9-23-10-12-27)17-5-3-6-18(13-17)26-30(2,28)29/h3-8,13-14,21,23,26H,9-12,15H2,1-2H3. The van der Waals surface area contributed by atoms with Gasteiger partial charge in [-0.25, -0.2) is 18.4 Å². The first-order chi connectivity index (χ1) is 14.4. The molecule has 30 heavy (non-hydrogen) atoms. The van der Waals surface area contributed by atoms with E-state index >= 15 is 0 Å². The molecule has 1 fully saturated rings. The van der Waals surface area contributed by atoms with Crippen LogP contribution in [0.1, 0.15) is 22.9 Å². The fraction of sp³-hybridized carbons (Fsp3) is 0.364. The van der Waals surface area contributed by atoms with Crippen LogP contribution in [-0.2, 0) is 10.0 Å². The van der Waals surface area contributed by atoms with Crippen LogP contribution in [0.25, 0.3) is 10.9 Å². The molecule has 0 spiro atoms. The van der Waals surface area contributed by atoms with Gasteiger partial charge < -0.3 is 5.32 Å². The highest BCUT2D eigenvalue weighted by molar-refractivity contribution is 7.92. The van der Waals surface area contributed by atoms with Crippen LogP contribution in [0.5, 0.6) is 0 Å². The Balaban J connectivity index is 1.78. The van der Waals surface area contributed by atoms with Gasteiger partial charge in [-0.15, -0.1) is 0 Å². The highest BCUT2D eigenvalue weighted by Gasteiger charge is 2.22. The van der Waals surface area contributed by atoms with E-state index in [0.717, 1.165) is 60.6 Å². The van der Waals surface area contributed by atoms with Crippen molar-refractivity contribution in [1.82, 2.24) is 20.2 Å².